The number of nitrogens with two attached hydrogens (primary N) is 1. The molecule has 1 saturated heterocycles. The van der Waals surface area contributed by atoms with Crippen LogP contribution in [0, 0.1) is 5.92 Å². The Morgan fingerprint density at radius 2 is 2.26 bits per heavy atom. The molecule has 23 heavy (non-hydrogen) atoms. The number of hydrogen-bond acceptors (Lipinski definition) is 4. The van der Waals surface area contributed by atoms with Gasteiger partial charge in [0.15, 0.2) is 0 Å². The maximum absolute atomic E-state index is 12.2. The van der Waals surface area contributed by atoms with E-state index in [4.69, 9.17) is 9.88 Å². The quantitative estimate of drug-likeness (QED) is 0.831. The molecule has 2 amide bonds. The molecule has 0 unspecified atom stereocenters. The molecule has 2 rings (SSSR count). The number of benzene rings is 1. The van der Waals surface area contributed by atoms with Crippen LogP contribution in [-0.2, 0) is 21.3 Å². The average molecular weight is 341 g/mol. The third-order valence-electron chi connectivity index (χ3n) is 3.88. The molecule has 7 nitrogen and oxygen atoms in total. The van der Waals surface area contributed by atoms with Gasteiger partial charge in [-0.1, -0.05) is 12.1 Å². The van der Waals surface area contributed by atoms with Crippen molar-refractivity contribution in [2.24, 2.45) is 11.1 Å². The molecule has 0 bridgehead atoms. The molecule has 1 fully saturated rings. The van der Waals surface area contributed by atoms with Gasteiger partial charge in [-0.2, -0.15) is 0 Å². The van der Waals surface area contributed by atoms with Gasteiger partial charge >= 0.3 is 6.03 Å². The van der Waals surface area contributed by atoms with Gasteiger partial charge in [0.05, 0.1) is 11.5 Å². The van der Waals surface area contributed by atoms with Crippen molar-refractivity contribution in [3.05, 3.63) is 29.8 Å². The van der Waals surface area contributed by atoms with E-state index >= 15 is 0 Å². The molecule has 128 valence electrons. The molecule has 0 spiro atoms. The third-order valence-corrected chi connectivity index (χ3v) is 4.79. The molecule has 1 aromatic carbocycles. The Morgan fingerprint density at radius 1 is 1.48 bits per heavy atom. The molecule has 1 heterocycles. The van der Waals surface area contributed by atoms with Crippen LogP contribution in [0.2, 0.25) is 0 Å². The van der Waals surface area contributed by atoms with Crippen molar-refractivity contribution in [2.75, 3.05) is 26.8 Å². The summed E-state index contributed by atoms with van der Waals surface area (Å²) in [6.07, 6.45) is 2.02. The van der Waals surface area contributed by atoms with Gasteiger partial charge in [0.1, 0.15) is 0 Å². The maximum atomic E-state index is 12.2. The van der Waals surface area contributed by atoms with Crippen LogP contribution in [0.4, 0.5) is 4.79 Å². The van der Waals surface area contributed by atoms with Crippen LogP contribution in [0.1, 0.15) is 18.4 Å². The maximum Gasteiger partial charge on any atom is 0.317 e. The first-order chi connectivity index (χ1) is 10.9. The number of hydrogen-bond donors (Lipinski definition) is 2. The number of amides is 2. The molecule has 0 aliphatic carbocycles. The van der Waals surface area contributed by atoms with Crippen LogP contribution >= 0.6 is 0 Å². The molecule has 3 N–H and O–H groups in total. The van der Waals surface area contributed by atoms with Gasteiger partial charge in [0, 0.05) is 32.7 Å². The zero-order valence-electron chi connectivity index (χ0n) is 13.2. The molecule has 1 atom stereocenters. The van der Waals surface area contributed by atoms with E-state index in [0.29, 0.717) is 24.6 Å². The number of carbonyl (C=O) groups excluding carboxylic acids is 1. The zero-order valence-corrected chi connectivity index (χ0v) is 14.0. The zero-order chi connectivity index (χ0) is 16.9. The first-order valence-electron chi connectivity index (χ1n) is 7.53. The SMILES string of the molecule is COC[C@H]1CCCN(C(=O)NCc2cccc(S(N)(=O)=O)c2)C1. The summed E-state index contributed by atoms with van der Waals surface area (Å²) >= 11 is 0. The highest BCUT2D eigenvalue weighted by Crippen LogP contribution is 2.17. The molecular formula is C15H23N3O4S. The lowest BCUT2D eigenvalue weighted by Crippen LogP contribution is -2.46. The average Bonchev–Trinajstić information content (AvgIpc) is 2.53. The first kappa shape index (κ1) is 17.7. The fourth-order valence-electron chi connectivity index (χ4n) is 2.74. The van der Waals surface area contributed by atoms with Crippen LogP contribution in [0.15, 0.2) is 29.2 Å². The molecular weight excluding hydrogens is 318 g/mol. The van der Waals surface area contributed by atoms with Gasteiger partial charge < -0.3 is 15.0 Å². The van der Waals surface area contributed by atoms with Crippen LogP contribution < -0.4 is 10.5 Å². The summed E-state index contributed by atoms with van der Waals surface area (Å²) in [6.45, 7) is 2.31. The van der Waals surface area contributed by atoms with Crippen LogP contribution in [0.25, 0.3) is 0 Å². The Hall–Kier alpha value is -1.64. The Bertz CT molecular complexity index is 646. The van der Waals surface area contributed by atoms with E-state index in [-0.39, 0.29) is 17.5 Å². The predicted octanol–water partition coefficient (Wildman–Crippen LogP) is 0.902. The van der Waals surface area contributed by atoms with Crippen molar-refractivity contribution in [3.8, 4) is 0 Å². The first-order valence-corrected chi connectivity index (χ1v) is 9.08. The minimum Gasteiger partial charge on any atom is -0.384 e. The molecule has 8 heteroatoms. The summed E-state index contributed by atoms with van der Waals surface area (Å²) in [6, 6.07) is 6.11. The summed E-state index contributed by atoms with van der Waals surface area (Å²) in [5, 5.41) is 7.93. The van der Waals surface area contributed by atoms with E-state index in [1.807, 2.05) is 0 Å². The van der Waals surface area contributed by atoms with Crippen molar-refractivity contribution in [2.45, 2.75) is 24.3 Å². The number of methoxy groups -OCH3 is 1. The Labute approximate surface area is 136 Å². The van der Waals surface area contributed by atoms with Gasteiger partial charge in [-0.15, -0.1) is 0 Å². The lowest BCUT2D eigenvalue weighted by molar-refractivity contribution is 0.100. The number of piperidine rings is 1. The second-order valence-electron chi connectivity index (χ2n) is 5.76. The molecule has 1 aliphatic rings. The number of carbonyl (C=O) groups is 1. The molecule has 1 aromatic rings. The molecule has 0 saturated carbocycles. The van der Waals surface area contributed by atoms with Crippen LogP contribution in [-0.4, -0.2) is 46.2 Å². The predicted molar refractivity (Wildman–Crippen MR) is 86.2 cm³/mol. The Morgan fingerprint density at radius 3 is 2.96 bits per heavy atom. The highest BCUT2D eigenvalue weighted by atomic mass is 32.2. The van der Waals surface area contributed by atoms with E-state index in [1.54, 1.807) is 24.1 Å². The smallest absolute Gasteiger partial charge is 0.317 e. The van der Waals surface area contributed by atoms with Crippen LogP contribution in [0.5, 0.6) is 0 Å². The fraction of sp³-hybridized carbons (Fsp3) is 0.533. The standard InChI is InChI=1S/C15H23N3O4S/c1-22-11-13-5-3-7-18(10-13)15(19)17-9-12-4-2-6-14(8-12)23(16,20)21/h2,4,6,8,13H,3,5,7,9-11H2,1H3,(H,17,19)(H2,16,20,21)/t13-/m0/s1. The molecule has 0 aromatic heterocycles. The highest BCUT2D eigenvalue weighted by molar-refractivity contribution is 7.89. The van der Waals surface area contributed by atoms with E-state index in [0.717, 1.165) is 19.4 Å². The van der Waals surface area contributed by atoms with Crippen molar-refractivity contribution in [3.63, 3.8) is 0 Å². The largest absolute Gasteiger partial charge is 0.384 e. The van der Waals surface area contributed by atoms with Gasteiger partial charge in [0.2, 0.25) is 10.0 Å². The summed E-state index contributed by atoms with van der Waals surface area (Å²) in [5.74, 6) is 0.366. The number of nitrogens with one attached hydrogen (secondary N) is 1. The number of nitrogens with zero attached hydrogens (tertiary/aromatic N) is 1. The number of ether oxygens (including phenoxy) is 1. The Balaban J connectivity index is 1.91. The lowest BCUT2D eigenvalue weighted by Gasteiger charge is -2.32. The number of sulfonamides is 1. The van der Waals surface area contributed by atoms with Gasteiger partial charge in [-0.3, -0.25) is 0 Å². The summed E-state index contributed by atoms with van der Waals surface area (Å²) in [4.78, 5) is 14.1. The molecule has 0 radical (unpaired) electrons. The van der Waals surface area contributed by atoms with E-state index in [2.05, 4.69) is 5.32 Å². The minimum absolute atomic E-state index is 0.0439. The minimum atomic E-state index is -3.73. The number of urea groups is 1. The third kappa shape index (κ3) is 5.19. The normalized spacial score (nSPS) is 18.7. The number of primary sulfonamides is 1. The lowest BCUT2D eigenvalue weighted by atomic mass is 9.99. The number of likely N-dealkylation sites (tertiary alicyclic amines) is 1. The number of rotatable bonds is 5. The summed E-state index contributed by atoms with van der Waals surface area (Å²) in [5.41, 5.74) is 0.690. The van der Waals surface area contributed by atoms with Crippen molar-refractivity contribution in [1.29, 1.82) is 0 Å². The van der Waals surface area contributed by atoms with Crippen molar-refractivity contribution < 1.29 is 17.9 Å². The second kappa shape index (κ2) is 7.76. The Kier molecular flexibility index (Phi) is 5.97. The van der Waals surface area contributed by atoms with Crippen molar-refractivity contribution >= 4 is 16.1 Å². The second-order valence-corrected chi connectivity index (χ2v) is 7.32. The van der Waals surface area contributed by atoms with E-state index in [9.17, 15) is 13.2 Å². The molecule has 1 aliphatic heterocycles. The van der Waals surface area contributed by atoms with E-state index < -0.39 is 10.0 Å². The van der Waals surface area contributed by atoms with Crippen molar-refractivity contribution in [1.82, 2.24) is 10.2 Å². The van der Waals surface area contributed by atoms with Gasteiger partial charge in [0.25, 0.3) is 0 Å². The highest BCUT2D eigenvalue weighted by Gasteiger charge is 2.23. The van der Waals surface area contributed by atoms with E-state index in [1.165, 1.54) is 12.1 Å². The fourth-order valence-corrected chi connectivity index (χ4v) is 3.33. The van der Waals surface area contributed by atoms with Crippen LogP contribution in [0.3, 0.4) is 0 Å². The monoisotopic (exact) mass is 341 g/mol. The summed E-state index contributed by atoms with van der Waals surface area (Å²) < 4.78 is 27.8. The van der Waals surface area contributed by atoms with Gasteiger partial charge in [-0.05, 0) is 30.5 Å². The van der Waals surface area contributed by atoms with Gasteiger partial charge in [-0.25, -0.2) is 18.4 Å². The summed E-state index contributed by atoms with van der Waals surface area (Å²) in [7, 11) is -2.07. The topological polar surface area (TPSA) is 102 Å².